The molecular weight excluding hydrogens is 392 g/mol. The molecule has 6 rings (SSSR count). The third-order valence-corrected chi connectivity index (χ3v) is 12.3. The Balaban J connectivity index is 1.64. The molecule has 3 heteroatoms. The lowest BCUT2D eigenvalue weighted by Gasteiger charge is -2.38. The van der Waals surface area contributed by atoms with Gasteiger partial charge in [-0.2, -0.15) is 0 Å². The molecule has 0 spiro atoms. The van der Waals surface area contributed by atoms with Gasteiger partial charge in [0.15, 0.2) is 0 Å². The molecule has 0 radical (unpaired) electrons. The van der Waals surface area contributed by atoms with Crippen LogP contribution in [0.15, 0.2) is 60.7 Å². The molecule has 0 saturated heterocycles. The summed E-state index contributed by atoms with van der Waals surface area (Å²) in [5, 5.41) is 0. The molecule has 2 atom stereocenters. The fourth-order valence-corrected chi connectivity index (χ4v) is 11.1. The van der Waals surface area contributed by atoms with Crippen LogP contribution in [0, 0.1) is 13.8 Å². The molecule has 31 heavy (non-hydrogen) atoms. The van der Waals surface area contributed by atoms with Crippen LogP contribution in [-0.2, 0) is 14.1 Å². The fraction of sp³-hybridized carbons (Fsp3) is 0.286. The number of fused-ring (bicyclic) bond motifs is 6. The van der Waals surface area contributed by atoms with E-state index in [1.54, 1.807) is 0 Å². The maximum atomic E-state index is 2.63. The third-order valence-electron chi connectivity index (χ3n) is 8.20. The standard InChI is InChI=1S/C28H30N2Si/c1-17-15-23-19-11-7-9-13-21(19)27(25(23)29(17)3)31(5,6)28-22-14-10-8-12-20(22)24-16-18(2)30(4)26(24)28/h7-16,27-28H,1-6H3. The summed E-state index contributed by atoms with van der Waals surface area (Å²) in [5.41, 5.74) is 15.6. The Morgan fingerprint density at radius 3 is 1.42 bits per heavy atom. The fourth-order valence-electron chi connectivity index (χ4n) is 6.59. The molecule has 0 fully saturated rings. The summed E-state index contributed by atoms with van der Waals surface area (Å²) in [6, 6.07) is 23.1. The molecule has 2 heterocycles. The van der Waals surface area contributed by atoms with Crippen LogP contribution in [0.5, 0.6) is 0 Å². The lowest BCUT2D eigenvalue weighted by atomic mass is 10.1. The summed E-state index contributed by atoms with van der Waals surface area (Å²) in [4.78, 5) is 0. The molecule has 156 valence electrons. The predicted octanol–water partition coefficient (Wildman–Crippen LogP) is 6.69. The first-order valence-electron chi connectivity index (χ1n) is 11.3. The monoisotopic (exact) mass is 422 g/mol. The van der Waals surface area contributed by atoms with Crippen molar-refractivity contribution in [2.24, 2.45) is 14.1 Å². The second kappa shape index (κ2) is 6.14. The van der Waals surface area contributed by atoms with Crippen molar-refractivity contribution in [2.45, 2.75) is 38.0 Å². The van der Waals surface area contributed by atoms with E-state index in [1.165, 1.54) is 56.2 Å². The van der Waals surface area contributed by atoms with Crippen molar-refractivity contribution >= 4 is 8.07 Å². The van der Waals surface area contributed by atoms with Crippen molar-refractivity contribution in [3.8, 4) is 22.3 Å². The van der Waals surface area contributed by atoms with Gasteiger partial charge in [-0.05, 0) is 48.2 Å². The van der Waals surface area contributed by atoms with Crippen LogP contribution in [0.2, 0.25) is 13.1 Å². The molecule has 2 aromatic carbocycles. The van der Waals surface area contributed by atoms with E-state index in [4.69, 9.17) is 0 Å². The van der Waals surface area contributed by atoms with Gasteiger partial charge in [0.1, 0.15) is 0 Å². The van der Waals surface area contributed by atoms with Gasteiger partial charge in [0.25, 0.3) is 0 Å². The van der Waals surface area contributed by atoms with Gasteiger partial charge < -0.3 is 9.13 Å². The van der Waals surface area contributed by atoms with Gasteiger partial charge in [0.2, 0.25) is 0 Å². The summed E-state index contributed by atoms with van der Waals surface area (Å²) in [6.45, 7) is 9.75. The summed E-state index contributed by atoms with van der Waals surface area (Å²) in [7, 11) is 2.60. The van der Waals surface area contributed by atoms with E-state index in [-0.39, 0.29) is 0 Å². The number of aryl methyl sites for hydroxylation is 2. The second-order valence-electron chi connectivity index (χ2n) is 10.1. The van der Waals surface area contributed by atoms with Crippen LogP contribution >= 0.6 is 0 Å². The van der Waals surface area contributed by atoms with Crippen LogP contribution < -0.4 is 0 Å². The highest BCUT2D eigenvalue weighted by atomic mass is 28.3. The van der Waals surface area contributed by atoms with Crippen molar-refractivity contribution < 1.29 is 0 Å². The van der Waals surface area contributed by atoms with E-state index in [0.717, 1.165) is 0 Å². The number of nitrogens with zero attached hydrogens (tertiary/aromatic N) is 2. The minimum Gasteiger partial charge on any atom is -0.351 e. The zero-order chi connectivity index (χ0) is 21.7. The summed E-state index contributed by atoms with van der Waals surface area (Å²) >= 11 is 0. The van der Waals surface area contributed by atoms with E-state index >= 15 is 0 Å². The molecule has 2 aromatic heterocycles. The maximum absolute atomic E-state index is 2.63. The Morgan fingerprint density at radius 1 is 0.613 bits per heavy atom. The molecule has 0 aliphatic heterocycles. The minimum absolute atomic E-state index is 0.483. The number of hydrogen-bond acceptors (Lipinski definition) is 0. The number of benzene rings is 2. The summed E-state index contributed by atoms with van der Waals surface area (Å²) in [6.07, 6.45) is 0. The topological polar surface area (TPSA) is 9.86 Å². The van der Waals surface area contributed by atoms with E-state index in [0.29, 0.717) is 11.1 Å². The largest absolute Gasteiger partial charge is 0.351 e. The normalized spacial score (nSPS) is 18.6. The SMILES string of the molecule is Cc1cc2c(n1C)C([Si](C)(C)C1c3ccccc3-c3cc(C)n(C)c31)c1ccccc1-2. The number of aromatic nitrogens is 2. The molecule has 2 unspecified atom stereocenters. The lowest BCUT2D eigenvalue weighted by Crippen LogP contribution is -2.43. The van der Waals surface area contributed by atoms with Crippen LogP contribution in [0.3, 0.4) is 0 Å². The van der Waals surface area contributed by atoms with E-state index in [2.05, 4.69) is 111 Å². The zero-order valence-electron chi connectivity index (χ0n) is 19.3. The van der Waals surface area contributed by atoms with Gasteiger partial charge in [-0.15, -0.1) is 0 Å². The van der Waals surface area contributed by atoms with Crippen molar-refractivity contribution in [1.29, 1.82) is 0 Å². The number of hydrogen-bond donors (Lipinski definition) is 0. The highest BCUT2D eigenvalue weighted by molar-refractivity contribution is 6.82. The average Bonchev–Trinajstić information content (AvgIpc) is 3.43. The predicted molar refractivity (Wildman–Crippen MR) is 132 cm³/mol. The van der Waals surface area contributed by atoms with Gasteiger partial charge in [0, 0.05) is 59.1 Å². The van der Waals surface area contributed by atoms with Crippen LogP contribution in [0.4, 0.5) is 0 Å². The first kappa shape index (κ1) is 18.9. The first-order chi connectivity index (χ1) is 14.8. The van der Waals surface area contributed by atoms with Gasteiger partial charge in [-0.1, -0.05) is 61.6 Å². The van der Waals surface area contributed by atoms with Crippen molar-refractivity contribution in [3.05, 3.63) is 94.6 Å². The Bertz CT molecular complexity index is 1260. The average molecular weight is 423 g/mol. The summed E-state index contributed by atoms with van der Waals surface area (Å²) < 4.78 is 4.93. The van der Waals surface area contributed by atoms with Crippen LogP contribution in [0.25, 0.3) is 22.3 Å². The third kappa shape index (κ3) is 2.28. The minimum atomic E-state index is -1.92. The van der Waals surface area contributed by atoms with E-state index < -0.39 is 8.07 Å². The zero-order valence-corrected chi connectivity index (χ0v) is 20.3. The van der Waals surface area contributed by atoms with Crippen molar-refractivity contribution in [3.63, 3.8) is 0 Å². The molecule has 0 saturated carbocycles. The van der Waals surface area contributed by atoms with Gasteiger partial charge >= 0.3 is 0 Å². The van der Waals surface area contributed by atoms with Gasteiger partial charge in [-0.3, -0.25) is 0 Å². The molecule has 2 aliphatic rings. The second-order valence-corrected chi connectivity index (χ2v) is 14.9. The first-order valence-corrected chi connectivity index (χ1v) is 14.5. The molecule has 0 bridgehead atoms. The highest BCUT2D eigenvalue weighted by Crippen LogP contribution is 2.58. The molecule has 0 N–H and O–H groups in total. The van der Waals surface area contributed by atoms with Crippen molar-refractivity contribution in [1.82, 2.24) is 9.13 Å². The van der Waals surface area contributed by atoms with Crippen LogP contribution in [-0.4, -0.2) is 17.2 Å². The molecule has 2 nitrogen and oxygen atoms in total. The van der Waals surface area contributed by atoms with E-state index in [9.17, 15) is 0 Å². The van der Waals surface area contributed by atoms with Gasteiger partial charge in [0.05, 0.1) is 8.07 Å². The molecule has 2 aliphatic carbocycles. The van der Waals surface area contributed by atoms with Crippen molar-refractivity contribution in [2.75, 3.05) is 0 Å². The Kier molecular flexibility index (Phi) is 3.75. The molecule has 0 amide bonds. The lowest BCUT2D eigenvalue weighted by molar-refractivity contribution is 0.779. The Labute approximate surface area is 186 Å². The quantitative estimate of drug-likeness (QED) is 0.318. The Morgan fingerprint density at radius 2 is 1.00 bits per heavy atom. The van der Waals surface area contributed by atoms with Gasteiger partial charge in [-0.25, -0.2) is 0 Å². The number of rotatable bonds is 2. The maximum Gasteiger partial charge on any atom is 0.0769 e. The van der Waals surface area contributed by atoms with Crippen LogP contribution in [0.1, 0.15) is 45.0 Å². The molecule has 4 aromatic rings. The molecular formula is C28H30N2Si. The highest BCUT2D eigenvalue weighted by Gasteiger charge is 2.51. The Hall–Kier alpha value is -2.78. The van der Waals surface area contributed by atoms with E-state index in [1.807, 2.05) is 0 Å². The summed E-state index contributed by atoms with van der Waals surface area (Å²) in [5.74, 6) is 0. The smallest absolute Gasteiger partial charge is 0.0769 e.